The van der Waals surface area contributed by atoms with Crippen LogP contribution in [0, 0.1) is 0 Å². The van der Waals surface area contributed by atoms with E-state index in [0.29, 0.717) is 5.96 Å². The number of hydrogen-bond donors (Lipinski definition) is 1. The highest BCUT2D eigenvalue weighted by Crippen LogP contribution is 2.22. The normalized spacial score (nSPS) is 22.4. The average molecular weight is 347 g/mol. The third-order valence-electron chi connectivity index (χ3n) is 2.17. The molecule has 17 heavy (non-hydrogen) atoms. The van der Waals surface area contributed by atoms with Crippen LogP contribution in [-0.4, -0.2) is 41.0 Å². The smallest absolute Gasteiger partial charge is 0.340 e. The highest BCUT2D eigenvalue weighted by molar-refractivity contribution is 14.1. The summed E-state index contributed by atoms with van der Waals surface area (Å²) in [6.45, 7) is 1.96. The first-order valence-corrected chi connectivity index (χ1v) is 6.04. The summed E-state index contributed by atoms with van der Waals surface area (Å²) in [5.41, 5.74) is 0.105. The summed E-state index contributed by atoms with van der Waals surface area (Å²) >= 11 is 2.07. The van der Waals surface area contributed by atoms with Crippen molar-refractivity contribution in [1.29, 1.82) is 0 Å². The third-order valence-corrected chi connectivity index (χ3v) is 2.73. The maximum absolute atomic E-state index is 11.6. The second-order valence-electron chi connectivity index (χ2n) is 3.29. The maximum Gasteiger partial charge on any atom is 0.340 e. The van der Waals surface area contributed by atoms with Gasteiger partial charge in [-0.25, -0.2) is 14.8 Å². The van der Waals surface area contributed by atoms with Gasteiger partial charge in [0.15, 0.2) is 6.23 Å². The SMILES string of the molecule is CCOC(=O)C1=CN=C2N=CC(I)=CN2C1O. The van der Waals surface area contributed by atoms with Gasteiger partial charge in [-0.05, 0) is 29.5 Å². The molecule has 0 aliphatic carbocycles. The zero-order valence-electron chi connectivity index (χ0n) is 9.00. The Kier molecular flexibility index (Phi) is 3.57. The van der Waals surface area contributed by atoms with Crippen LogP contribution in [0.5, 0.6) is 0 Å². The molecule has 0 saturated heterocycles. The topological polar surface area (TPSA) is 74.5 Å². The summed E-state index contributed by atoms with van der Waals surface area (Å²) < 4.78 is 5.67. The molecular formula is C10H10IN3O3. The summed E-state index contributed by atoms with van der Waals surface area (Å²) in [6, 6.07) is 0. The number of hydrogen-bond acceptors (Lipinski definition) is 6. The van der Waals surface area contributed by atoms with E-state index >= 15 is 0 Å². The molecule has 2 aliphatic rings. The molecule has 7 heteroatoms. The van der Waals surface area contributed by atoms with E-state index in [2.05, 4.69) is 32.6 Å². The van der Waals surface area contributed by atoms with Gasteiger partial charge >= 0.3 is 5.97 Å². The molecule has 0 saturated carbocycles. The Balaban J connectivity index is 2.28. The summed E-state index contributed by atoms with van der Waals surface area (Å²) in [5, 5.41) is 10.0. The van der Waals surface area contributed by atoms with Crippen molar-refractivity contribution >= 4 is 40.7 Å². The van der Waals surface area contributed by atoms with Gasteiger partial charge in [0.05, 0.1) is 6.61 Å². The van der Waals surface area contributed by atoms with Crippen molar-refractivity contribution in [3.63, 3.8) is 0 Å². The molecule has 1 N–H and O–H groups in total. The number of allylic oxidation sites excluding steroid dienone is 1. The number of carbonyl (C=O) groups excluding carboxylic acids is 1. The monoisotopic (exact) mass is 347 g/mol. The fourth-order valence-electron chi connectivity index (χ4n) is 1.41. The Morgan fingerprint density at radius 3 is 3.18 bits per heavy atom. The summed E-state index contributed by atoms with van der Waals surface area (Å²) in [7, 11) is 0. The lowest BCUT2D eigenvalue weighted by molar-refractivity contribution is -0.140. The zero-order valence-corrected chi connectivity index (χ0v) is 11.2. The van der Waals surface area contributed by atoms with E-state index < -0.39 is 12.2 Å². The number of esters is 1. The van der Waals surface area contributed by atoms with Gasteiger partial charge in [-0.15, -0.1) is 0 Å². The molecule has 0 bridgehead atoms. The van der Waals surface area contributed by atoms with Gasteiger partial charge in [0.1, 0.15) is 5.57 Å². The van der Waals surface area contributed by atoms with Crippen LogP contribution in [0.2, 0.25) is 0 Å². The number of guanidine groups is 1. The first-order valence-electron chi connectivity index (χ1n) is 4.96. The van der Waals surface area contributed by atoms with Crippen molar-refractivity contribution in [2.24, 2.45) is 9.98 Å². The second kappa shape index (κ2) is 4.96. The molecule has 0 radical (unpaired) electrons. The van der Waals surface area contributed by atoms with Gasteiger partial charge in [0, 0.05) is 22.2 Å². The third kappa shape index (κ3) is 2.39. The van der Waals surface area contributed by atoms with Crippen LogP contribution in [0.15, 0.2) is 31.5 Å². The molecule has 0 fully saturated rings. The second-order valence-corrected chi connectivity index (χ2v) is 4.53. The van der Waals surface area contributed by atoms with Gasteiger partial charge in [0.2, 0.25) is 5.96 Å². The van der Waals surface area contributed by atoms with Crippen molar-refractivity contribution in [3.05, 3.63) is 21.6 Å². The molecule has 2 aliphatic heterocycles. The molecule has 0 spiro atoms. The number of nitrogens with zero attached hydrogens (tertiary/aromatic N) is 3. The van der Waals surface area contributed by atoms with Crippen LogP contribution < -0.4 is 0 Å². The number of carbonyl (C=O) groups is 1. The number of fused-ring (bicyclic) bond motifs is 1. The van der Waals surface area contributed by atoms with E-state index in [-0.39, 0.29) is 12.2 Å². The first kappa shape index (κ1) is 12.2. The molecule has 2 heterocycles. The Morgan fingerprint density at radius 1 is 1.71 bits per heavy atom. The van der Waals surface area contributed by atoms with Crippen molar-refractivity contribution in [2.45, 2.75) is 13.2 Å². The molecular weight excluding hydrogens is 337 g/mol. The van der Waals surface area contributed by atoms with Gasteiger partial charge in [-0.1, -0.05) is 0 Å². The lowest BCUT2D eigenvalue weighted by atomic mass is 10.2. The van der Waals surface area contributed by atoms with Gasteiger partial charge in [-0.2, -0.15) is 0 Å². The van der Waals surface area contributed by atoms with Crippen LogP contribution in [0.3, 0.4) is 0 Å². The zero-order chi connectivity index (χ0) is 12.4. The van der Waals surface area contributed by atoms with Crippen molar-refractivity contribution in [3.8, 4) is 0 Å². The van der Waals surface area contributed by atoms with Crippen LogP contribution >= 0.6 is 22.6 Å². The molecule has 0 aromatic rings. The van der Waals surface area contributed by atoms with Crippen LogP contribution in [-0.2, 0) is 9.53 Å². The van der Waals surface area contributed by atoms with Crippen molar-refractivity contribution < 1.29 is 14.6 Å². The molecule has 1 unspecified atom stereocenters. The minimum atomic E-state index is -1.11. The van der Waals surface area contributed by atoms with E-state index in [1.54, 1.807) is 19.3 Å². The van der Waals surface area contributed by atoms with Crippen LogP contribution in [0.1, 0.15) is 6.92 Å². The lowest BCUT2D eigenvalue weighted by Crippen LogP contribution is -2.42. The number of aliphatic hydroxyl groups is 1. The van der Waals surface area contributed by atoms with Crippen molar-refractivity contribution in [2.75, 3.05) is 6.61 Å². The standard InChI is InChI=1S/C10H10IN3O3/c1-2-17-9(16)7-4-13-10-12-3-6(11)5-14(10)8(7)15/h3-5,8,15H,2H2,1H3. The van der Waals surface area contributed by atoms with Crippen molar-refractivity contribution in [1.82, 2.24) is 4.90 Å². The lowest BCUT2D eigenvalue weighted by Gasteiger charge is -2.30. The minimum Gasteiger partial charge on any atom is -0.462 e. The molecule has 90 valence electrons. The average Bonchev–Trinajstić information content (AvgIpc) is 2.30. The molecule has 6 nitrogen and oxygen atoms in total. The highest BCUT2D eigenvalue weighted by Gasteiger charge is 2.31. The molecule has 1 atom stereocenters. The number of halogens is 1. The molecule has 0 aromatic heterocycles. The quantitative estimate of drug-likeness (QED) is 0.592. The Bertz CT molecular complexity index is 467. The number of aliphatic hydroxyl groups excluding tert-OH is 1. The number of aliphatic imine (C=N–C) groups is 2. The number of ether oxygens (including phenoxy) is 1. The van der Waals surface area contributed by atoms with Gasteiger partial charge in [0.25, 0.3) is 0 Å². The summed E-state index contributed by atoms with van der Waals surface area (Å²) in [6.07, 6.45) is 3.48. The van der Waals surface area contributed by atoms with Gasteiger partial charge in [-0.3, -0.25) is 4.90 Å². The first-order chi connectivity index (χ1) is 8.13. The van der Waals surface area contributed by atoms with Crippen LogP contribution in [0.25, 0.3) is 0 Å². The van der Waals surface area contributed by atoms with E-state index in [0.717, 1.165) is 3.58 Å². The largest absolute Gasteiger partial charge is 0.462 e. The summed E-state index contributed by atoms with van der Waals surface area (Å²) in [5.74, 6) is -0.216. The Morgan fingerprint density at radius 2 is 2.47 bits per heavy atom. The van der Waals surface area contributed by atoms with E-state index in [9.17, 15) is 9.90 Å². The highest BCUT2D eigenvalue weighted by atomic mass is 127. The fraction of sp³-hybridized carbons (Fsp3) is 0.300. The maximum atomic E-state index is 11.6. The van der Waals surface area contributed by atoms with Gasteiger partial charge < -0.3 is 9.84 Å². The fourth-order valence-corrected chi connectivity index (χ4v) is 1.85. The number of rotatable bonds is 2. The predicted molar refractivity (Wildman–Crippen MR) is 70.6 cm³/mol. The van der Waals surface area contributed by atoms with E-state index in [4.69, 9.17) is 4.74 Å². The summed E-state index contributed by atoms with van der Waals surface area (Å²) in [4.78, 5) is 21.0. The molecule has 0 amide bonds. The molecule has 2 rings (SSSR count). The Hall–Kier alpha value is -1.22. The predicted octanol–water partition coefficient (Wildman–Crippen LogP) is 0.784. The van der Waals surface area contributed by atoms with E-state index in [1.165, 1.54) is 11.1 Å². The minimum absolute atomic E-state index is 0.105. The molecule has 0 aromatic carbocycles. The van der Waals surface area contributed by atoms with E-state index in [1.807, 2.05) is 0 Å². The van der Waals surface area contributed by atoms with Crippen LogP contribution in [0.4, 0.5) is 0 Å². The Labute approximate surface area is 112 Å².